The number of rotatable bonds is 4. The molecule has 0 fully saturated rings. The Hall–Kier alpha value is -0.643. The van der Waals surface area contributed by atoms with Crippen molar-refractivity contribution < 1.29 is 38.8 Å². The number of carboxylic acid groups (broad SMARTS) is 1. The van der Waals surface area contributed by atoms with Gasteiger partial charge in [0.1, 0.15) is 0 Å². The van der Waals surface area contributed by atoms with E-state index >= 15 is 0 Å². The van der Waals surface area contributed by atoms with Gasteiger partial charge in [0.05, 0.1) is 13.2 Å². The van der Waals surface area contributed by atoms with Crippen LogP contribution in [-0.4, -0.2) is 55.0 Å². The van der Waals surface area contributed by atoms with Crippen molar-refractivity contribution >= 4 is 14.8 Å². The standard InChI is InChI=1S/C9H22Si.C2HF3O2.C2H6O2.H2O/c1-7(2)10(8(3)4)9(5)6;3-2(4,5)1(6)7;3-1-2-4;/h7-10H,1-6H3;(H,6,7);3-4H,1-2H2;1H2. The minimum atomic E-state index is -5.08. The number of hydrogen-bond donors (Lipinski definition) is 3. The van der Waals surface area contributed by atoms with E-state index in [2.05, 4.69) is 41.5 Å². The minimum Gasteiger partial charge on any atom is -0.475 e. The van der Waals surface area contributed by atoms with Gasteiger partial charge in [0, 0.05) is 8.80 Å². The van der Waals surface area contributed by atoms with Gasteiger partial charge in [-0.05, 0) is 0 Å². The van der Waals surface area contributed by atoms with Gasteiger partial charge in [-0.15, -0.1) is 0 Å². The van der Waals surface area contributed by atoms with E-state index in [0.717, 1.165) is 16.6 Å². The average molecular weight is 352 g/mol. The predicted molar refractivity (Wildman–Crippen MR) is 83.9 cm³/mol. The molecule has 5 nitrogen and oxygen atoms in total. The number of aliphatic carboxylic acids is 1. The number of aliphatic hydroxyl groups excluding tert-OH is 2. The molecule has 5 N–H and O–H groups in total. The Morgan fingerprint density at radius 1 is 0.909 bits per heavy atom. The maximum absolute atomic E-state index is 10.6. The van der Waals surface area contributed by atoms with Gasteiger partial charge in [-0.1, -0.05) is 58.2 Å². The topological polar surface area (TPSA) is 109 Å². The summed E-state index contributed by atoms with van der Waals surface area (Å²) >= 11 is 0. The van der Waals surface area contributed by atoms with Crippen molar-refractivity contribution in [1.29, 1.82) is 0 Å². The van der Waals surface area contributed by atoms with Crippen LogP contribution in [0.2, 0.25) is 16.6 Å². The van der Waals surface area contributed by atoms with Crippen LogP contribution >= 0.6 is 0 Å². The van der Waals surface area contributed by atoms with E-state index in [0.29, 0.717) is 0 Å². The first-order valence-electron chi connectivity index (χ1n) is 6.84. The number of aliphatic hydroxyl groups is 2. The lowest BCUT2D eigenvalue weighted by molar-refractivity contribution is -0.192. The Bertz CT molecular complexity index is 238. The van der Waals surface area contributed by atoms with Gasteiger partial charge in [0.15, 0.2) is 0 Å². The SMILES string of the molecule is CC(C)[SiH](C(C)C)C(C)C.O.O=C(O)C(F)(F)F.OCCO. The minimum absolute atomic E-state index is 0. The first kappa shape index (κ1) is 29.4. The third kappa shape index (κ3) is 19.4. The lowest BCUT2D eigenvalue weighted by Crippen LogP contribution is -2.24. The van der Waals surface area contributed by atoms with Crippen LogP contribution in [-0.2, 0) is 4.79 Å². The molecule has 22 heavy (non-hydrogen) atoms. The fourth-order valence-electron chi connectivity index (χ4n) is 2.31. The zero-order valence-corrected chi connectivity index (χ0v) is 15.3. The van der Waals surface area contributed by atoms with Gasteiger partial charge in [-0.2, -0.15) is 13.2 Å². The van der Waals surface area contributed by atoms with Gasteiger partial charge in [0.2, 0.25) is 0 Å². The van der Waals surface area contributed by atoms with E-state index in [1.54, 1.807) is 0 Å². The second kappa shape index (κ2) is 15.3. The number of halogens is 3. The molecule has 0 bridgehead atoms. The van der Waals surface area contributed by atoms with Crippen molar-refractivity contribution in [2.75, 3.05) is 13.2 Å². The third-order valence-corrected chi connectivity index (χ3v) is 7.27. The van der Waals surface area contributed by atoms with E-state index < -0.39 is 20.9 Å². The van der Waals surface area contributed by atoms with Crippen molar-refractivity contribution in [2.24, 2.45) is 0 Å². The molecule has 0 spiro atoms. The fourth-order valence-corrected chi connectivity index (χ4v) is 6.93. The lowest BCUT2D eigenvalue weighted by Gasteiger charge is -2.26. The first-order chi connectivity index (χ1) is 9.32. The molecule has 9 heteroatoms. The number of alkyl halides is 3. The van der Waals surface area contributed by atoms with E-state index in [4.69, 9.17) is 20.1 Å². The number of carboxylic acids is 1. The molecule has 0 aromatic carbocycles. The van der Waals surface area contributed by atoms with Crippen molar-refractivity contribution in [2.45, 2.75) is 64.3 Å². The van der Waals surface area contributed by atoms with Crippen molar-refractivity contribution in [1.82, 2.24) is 0 Å². The van der Waals surface area contributed by atoms with Crippen LogP contribution in [0.5, 0.6) is 0 Å². The predicted octanol–water partition coefficient (Wildman–Crippen LogP) is 2.22. The molecule has 0 atom stereocenters. The molecule has 0 aromatic heterocycles. The van der Waals surface area contributed by atoms with Crippen molar-refractivity contribution in [3.63, 3.8) is 0 Å². The summed E-state index contributed by atoms with van der Waals surface area (Å²) in [7, 11) is -0.454. The maximum atomic E-state index is 10.6. The van der Waals surface area contributed by atoms with Crippen molar-refractivity contribution in [3.8, 4) is 0 Å². The molecule has 0 aliphatic heterocycles. The molecule has 0 rings (SSSR count). The van der Waals surface area contributed by atoms with Gasteiger partial charge in [-0.3, -0.25) is 0 Å². The largest absolute Gasteiger partial charge is 0.490 e. The summed E-state index contributed by atoms with van der Waals surface area (Å²) < 4.78 is 31.7. The van der Waals surface area contributed by atoms with Crippen molar-refractivity contribution in [3.05, 3.63) is 0 Å². The van der Waals surface area contributed by atoms with Gasteiger partial charge < -0.3 is 20.8 Å². The van der Waals surface area contributed by atoms with E-state index in [9.17, 15) is 13.2 Å². The summed E-state index contributed by atoms with van der Waals surface area (Å²) in [5, 5.41) is 22.4. The molecule has 0 aromatic rings. The summed E-state index contributed by atoms with van der Waals surface area (Å²) in [5.41, 5.74) is 2.92. The highest BCUT2D eigenvalue weighted by molar-refractivity contribution is 6.63. The molecule has 0 heterocycles. The highest BCUT2D eigenvalue weighted by Crippen LogP contribution is 2.29. The van der Waals surface area contributed by atoms with Gasteiger partial charge in [0.25, 0.3) is 0 Å². The van der Waals surface area contributed by atoms with E-state index in [-0.39, 0.29) is 18.7 Å². The molecule has 0 unspecified atom stereocenters. The van der Waals surface area contributed by atoms with Crippen LogP contribution < -0.4 is 0 Å². The number of carbonyl (C=O) groups is 1. The molecule has 0 aliphatic rings. The Labute approximate surface area is 132 Å². The Morgan fingerprint density at radius 2 is 1.09 bits per heavy atom. The van der Waals surface area contributed by atoms with Crippen LogP contribution in [0.15, 0.2) is 0 Å². The zero-order valence-electron chi connectivity index (χ0n) is 14.1. The van der Waals surface area contributed by atoms with E-state index in [1.807, 2.05) is 0 Å². The fraction of sp³-hybridized carbons (Fsp3) is 0.923. The summed E-state index contributed by atoms with van der Waals surface area (Å²) in [5.74, 6) is -2.76. The molecule has 138 valence electrons. The van der Waals surface area contributed by atoms with Gasteiger partial charge >= 0.3 is 12.1 Å². The quantitative estimate of drug-likeness (QED) is 0.674. The summed E-state index contributed by atoms with van der Waals surface area (Å²) in [4.78, 5) is 8.90. The maximum Gasteiger partial charge on any atom is 0.490 e. The smallest absolute Gasteiger partial charge is 0.475 e. The Balaban J connectivity index is -0.000000118. The lowest BCUT2D eigenvalue weighted by atomic mass is 10.5. The normalized spacial score (nSPS) is 10.7. The average Bonchev–Trinajstić information content (AvgIpc) is 2.27. The Morgan fingerprint density at radius 3 is 1.09 bits per heavy atom. The van der Waals surface area contributed by atoms with Crippen LogP contribution in [0, 0.1) is 0 Å². The molecule has 0 amide bonds. The summed E-state index contributed by atoms with van der Waals surface area (Å²) in [6.45, 7) is 14.1. The molecule has 0 saturated heterocycles. The van der Waals surface area contributed by atoms with Crippen LogP contribution in [0.3, 0.4) is 0 Å². The third-order valence-electron chi connectivity index (χ3n) is 2.65. The molecule has 0 aliphatic carbocycles. The monoisotopic (exact) mass is 352 g/mol. The second-order valence-corrected chi connectivity index (χ2v) is 10.7. The number of hydrogen-bond acceptors (Lipinski definition) is 3. The molecule has 0 radical (unpaired) electrons. The van der Waals surface area contributed by atoms with E-state index in [1.165, 1.54) is 0 Å². The first-order valence-corrected chi connectivity index (χ1v) is 8.84. The molecule has 0 saturated carbocycles. The summed E-state index contributed by atoms with van der Waals surface area (Å²) in [6.07, 6.45) is -5.08. The summed E-state index contributed by atoms with van der Waals surface area (Å²) in [6, 6.07) is 0. The second-order valence-electron chi connectivity index (χ2n) is 5.56. The Kier molecular flexibility index (Phi) is 20.4. The van der Waals surface area contributed by atoms with Crippen LogP contribution in [0.25, 0.3) is 0 Å². The highest BCUT2D eigenvalue weighted by atomic mass is 28.3. The zero-order chi connectivity index (χ0) is 17.8. The highest BCUT2D eigenvalue weighted by Gasteiger charge is 2.38. The molecular weight excluding hydrogens is 321 g/mol. The van der Waals surface area contributed by atoms with Crippen LogP contribution in [0.1, 0.15) is 41.5 Å². The van der Waals surface area contributed by atoms with Crippen LogP contribution in [0.4, 0.5) is 13.2 Å². The van der Waals surface area contributed by atoms with Gasteiger partial charge in [-0.25, -0.2) is 4.79 Å². The molecular formula is C13H31F3O5Si.